The number of aliphatic hydroxyl groups is 1. The Kier molecular flexibility index (Phi) is 3.80. The summed E-state index contributed by atoms with van der Waals surface area (Å²) in [6, 6.07) is 2.83. The lowest BCUT2D eigenvalue weighted by Gasteiger charge is -2.14. The Morgan fingerprint density at radius 1 is 1.35 bits per heavy atom. The molecule has 1 unspecified atom stereocenters. The topological polar surface area (TPSA) is 38.0 Å². The van der Waals surface area contributed by atoms with Crippen molar-refractivity contribution >= 4 is 0 Å². The first-order chi connectivity index (χ1) is 9.34. The molecule has 1 N–H and O–H groups in total. The zero-order valence-electron chi connectivity index (χ0n) is 10.5. The molecule has 1 aromatic heterocycles. The normalized spacial score (nSPS) is 13.5. The van der Waals surface area contributed by atoms with E-state index in [2.05, 4.69) is 5.10 Å². The number of rotatable bonds is 3. The predicted octanol–water partition coefficient (Wildman–Crippen LogP) is 3.14. The van der Waals surface area contributed by atoms with Gasteiger partial charge in [-0.1, -0.05) is 12.1 Å². The van der Waals surface area contributed by atoms with Gasteiger partial charge in [0, 0.05) is 23.9 Å². The molecule has 1 heterocycles. The first-order valence-electron chi connectivity index (χ1n) is 5.90. The van der Waals surface area contributed by atoms with Gasteiger partial charge in [-0.05, 0) is 13.0 Å². The zero-order valence-corrected chi connectivity index (χ0v) is 10.5. The van der Waals surface area contributed by atoms with Gasteiger partial charge < -0.3 is 5.11 Å². The number of halogens is 4. The molecule has 0 spiro atoms. The Morgan fingerprint density at radius 3 is 2.60 bits per heavy atom. The molecule has 3 nitrogen and oxygen atoms in total. The Bertz CT molecular complexity index is 607. The van der Waals surface area contributed by atoms with Crippen molar-refractivity contribution in [3.05, 3.63) is 53.1 Å². The molecule has 108 valence electrons. The van der Waals surface area contributed by atoms with Crippen LogP contribution < -0.4 is 0 Å². The van der Waals surface area contributed by atoms with E-state index in [1.165, 1.54) is 17.1 Å². The van der Waals surface area contributed by atoms with E-state index < -0.39 is 29.2 Å². The minimum atomic E-state index is -4.80. The molecule has 0 aliphatic heterocycles. The van der Waals surface area contributed by atoms with Gasteiger partial charge in [0.05, 0.1) is 11.8 Å². The molecule has 0 amide bonds. The fraction of sp³-hybridized carbons (Fsp3) is 0.308. The van der Waals surface area contributed by atoms with Gasteiger partial charge in [-0.25, -0.2) is 4.39 Å². The summed E-state index contributed by atoms with van der Waals surface area (Å²) in [5.74, 6) is -1.46. The first kappa shape index (κ1) is 14.5. The Morgan fingerprint density at radius 2 is 2.05 bits per heavy atom. The van der Waals surface area contributed by atoms with Crippen molar-refractivity contribution in [3.8, 4) is 0 Å². The fourth-order valence-electron chi connectivity index (χ4n) is 1.85. The van der Waals surface area contributed by atoms with Crippen molar-refractivity contribution in [1.82, 2.24) is 9.78 Å². The van der Waals surface area contributed by atoms with Gasteiger partial charge in [0.1, 0.15) is 11.9 Å². The summed E-state index contributed by atoms with van der Waals surface area (Å²) in [6.45, 7) is 2.35. The van der Waals surface area contributed by atoms with Crippen LogP contribution >= 0.6 is 0 Å². The van der Waals surface area contributed by atoms with E-state index in [4.69, 9.17) is 0 Å². The number of benzene rings is 1. The van der Waals surface area contributed by atoms with Crippen LogP contribution in [0.25, 0.3) is 0 Å². The third-order valence-electron chi connectivity index (χ3n) is 2.92. The molecule has 1 atom stereocenters. The summed E-state index contributed by atoms with van der Waals surface area (Å²) >= 11 is 0. The Balaban J connectivity index is 2.42. The third-order valence-corrected chi connectivity index (χ3v) is 2.92. The van der Waals surface area contributed by atoms with Crippen LogP contribution in [0.2, 0.25) is 0 Å². The lowest BCUT2D eigenvalue weighted by Crippen LogP contribution is -2.12. The number of alkyl halides is 3. The third kappa shape index (κ3) is 2.67. The van der Waals surface area contributed by atoms with Crippen LogP contribution in [0.3, 0.4) is 0 Å². The van der Waals surface area contributed by atoms with Gasteiger partial charge in [-0.3, -0.25) is 4.68 Å². The number of aromatic nitrogens is 2. The van der Waals surface area contributed by atoms with Crippen molar-refractivity contribution in [2.24, 2.45) is 0 Å². The van der Waals surface area contributed by atoms with E-state index in [9.17, 15) is 22.7 Å². The molecule has 20 heavy (non-hydrogen) atoms. The first-order valence-corrected chi connectivity index (χ1v) is 5.90. The highest BCUT2D eigenvalue weighted by Crippen LogP contribution is 2.35. The highest BCUT2D eigenvalue weighted by Gasteiger charge is 2.35. The smallest absolute Gasteiger partial charge is 0.383 e. The molecule has 0 saturated carbocycles. The molecular formula is C13H12F4N2O. The van der Waals surface area contributed by atoms with Crippen molar-refractivity contribution in [2.45, 2.75) is 25.7 Å². The lowest BCUT2D eigenvalue weighted by atomic mass is 10.0. The van der Waals surface area contributed by atoms with Crippen LogP contribution in [0.1, 0.15) is 29.7 Å². The van der Waals surface area contributed by atoms with Gasteiger partial charge in [-0.15, -0.1) is 0 Å². The van der Waals surface area contributed by atoms with Crippen molar-refractivity contribution in [1.29, 1.82) is 0 Å². The molecule has 0 saturated heterocycles. The Labute approximate surface area is 112 Å². The van der Waals surface area contributed by atoms with Crippen molar-refractivity contribution < 1.29 is 22.7 Å². The van der Waals surface area contributed by atoms with E-state index in [1.807, 2.05) is 6.92 Å². The molecule has 2 rings (SSSR count). The van der Waals surface area contributed by atoms with E-state index in [-0.39, 0.29) is 5.56 Å². The minimum absolute atomic E-state index is 0.241. The fourth-order valence-corrected chi connectivity index (χ4v) is 1.85. The maximum atomic E-state index is 13.9. The van der Waals surface area contributed by atoms with Crippen molar-refractivity contribution in [2.75, 3.05) is 0 Å². The highest BCUT2D eigenvalue weighted by molar-refractivity contribution is 5.34. The summed E-state index contributed by atoms with van der Waals surface area (Å²) in [7, 11) is 0. The van der Waals surface area contributed by atoms with Crippen LogP contribution in [-0.2, 0) is 12.7 Å². The molecule has 0 bridgehead atoms. The largest absolute Gasteiger partial charge is 0.419 e. The number of hydrogen-bond donors (Lipinski definition) is 1. The molecule has 0 aliphatic carbocycles. The van der Waals surface area contributed by atoms with Crippen molar-refractivity contribution in [3.63, 3.8) is 0 Å². The van der Waals surface area contributed by atoms with E-state index in [0.717, 1.165) is 12.1 Å². The summed E-state index contributed by atoms with van der Waals surface area (Å²) in [5.41, 5.74) is -1.57. The second-order valence-electron chi connectivity index (χ2n) is 4.24. The molecule has 0 aliphatic rings. The number of aliphatic hydroxyl groups excluding tert-OH is 1. The van der Waals surface area contributed by atoms with Crippen LogP contribution in [-0.4, -0.2) is 14.9 Å². The summed E-state index contributed by atoms with van der Waals surface area (Å²) in [5, 5.41) is 13.9. The van der Waals surface area contributed by atoms with Crippen LogP contribution in [0.15, 0.2) is 30.6 Å². The SMILES string of the molecule is CCn1cc(C(O)c2cccc(C(F)(F)F)c2F)cn1. The standard InChI is InChI=1S/C13H12F4N2O/c1-2-19-7-8(6-18-19)12(20)9-4-3-5-10(11(9)14)13(15,16)17/h3-7,12,20H,2H2,1H3. The van der Waals surface area contributed by atoms with Crippen LogP contribution in [0.4, 0.5) is 17.6 Å². The molecular weight excluding hydrogens is 276 g/mol. The molecule has 7 heteroatoms. The van der Waals surface area contributed by atoms with Gasteiger partial charge in [0.15, 0.2) is 0 Å². The second-order valence-corrected chi connectivity index (χ2v) is 4.24. The minimum Gasteiger partial charge on any atom is -0.383 e. The second kappa shape index (κ2) is 5.24. The van der Waals surface area contributed by atoms with Gasteiger partial charge >= 0.3 is 6.18 Å². The number of aryl methyl sites for hydroxylation is 1. The average Bonchev–Trinajstić information content (AvgIpc) is 2.85. The molecule has 1 aromatic carbocycles. The summed E-state index contributed by atoms with van der Waals surface area (Å²) in [4.78, 5) is 0. The molecule has 2 aromatic rings. The zero-order chi connectivity index (χ0) is 14.9. The van der Waals surface area contributed by atoms with Crippen LogP contribution in [0, 0.1) is 5.82 Å². The highest BCUT2D eigenvalue weighted by atomic mass is 19.4. The lowest BCUT2D eigenvalue weighted by molar-refractivity contribution is -0.140. The molecule has 0 fully saturated rings. The monoisotopic (exact) mass is 288 g/mol. The van der Waals surface area contributed by atoms with E-state index in [0.29, 0.717) is 12.6 Å². The van der Waals surface area contributed by atoms with Crippen LogP contribution in [0.5, 0.6) is 0 Å². The predicted molar refractivity (Wildman–Crippen MR) is 63.4 cm³/mol. The van der Waals surface area contributed by atoms with Gasteiger partial charge in [0.25, 0.3) is 0 Å². The van der Waals surface area contributed by atoms with Gasteiger partial charge in [-0.2, -0.15) is 18.3 Å². The number of nitrogens with zero attached hydrogens (tertiary/aromatic N) is 2. The summed E-state index contributed by atoms with van der Waals surface area (Å²) in [6.07, 6.45) is -3.52. The maximum absolute atomic E-state index is 13.9. The average molecular weight is 288 g/mol. The molecule has 0 radical (unpaired) electrons. The van der Waals surface area contributed by atoms with E-state index in [1.54, 1.807) is 0 Å². The summed E-state index contributed by atoms with van der Waals surface area (Å²) < 4.78 is 53.2. The quantitative estimate of drug-likeness (QED) is 0.881. The van der Waals surface area contributed by atoms with Gasteiger partial charge in [0.2, 0.25) is 0 Å². The maximum Gasteiger partial charge on any atom is 0.419 e. The number of hydrogen-bond acceptors (Lipinski definition) is 2. The van der Waals surface area contributed by atoms with E-state index >= 15 is 0 Å². The Hall–Kier alpha value is -1.89.